The normalized spacial score (nSPS) is 27.3. The predicted octanol–water partition coefficient (Wildman–Crippen LogP) is 6.54. The molecule has 2 rings (SSSR count). The fourth-order valence-electron chi connectivity index (χ4n) is 7.34. The van der Waals surface area contributed by atoms with E-state index in [9.17, 15) is 45.6 Å². The van der Waals surface area contributed by atoms with Gasteiger partial charge in [0.2, 0.25) is 5.91 Å². The van der Waals surface area contributed by atoms with Crippen LogP contribution >= 0.6 is 0 Å². The van der Waals surface area contributed by atoms with Gasteiger partial charge in [0.15, 0.2) is 12.6 Å². The summed E-state index contributed by atoms with van der Waals surface area (Å²) in [6.45, 7) is 2.53. The minimum atomic E-state index is -1.80. The molecule has 12 unspecified atom stereocenters. The van der Waals surface area contributed by atoms with E-state index < -0.39 is 86.8 Å². The van der Waals surface area contributed by atoms with Crippen molar-refractivity contribution in [3.8, 4) is 0 Å². The molecule has 0 aliphatic carbocycles. The molecular formula is C54H87NO13. The first-order chi connectivity index (χ1) is 33.1. The highest BCUT2D eigenvalue weighted by Crippen LogP contribution is 2.30. The molecule has 0 saturated carbocycles. The number of ether oxygens (including phenoxy) is 4. The van der Waals surface area contributed by atoms with Gasteiger partial charge in [0.25, 0.3) is 0 Å². The van der Waals surface area contributed by atoms with Gasteiger partial charge in [-0.2, -0.15) is 0 Å². The number of carbonyl (C=O) groups is 1. The Kier molecular flexibility index (Phi) is 35.2. The molecule has 68 heavy (non-hydrogen) atoms. The molecule has 0 bridgehead atoms. The van der Waals surface area contributed by atoms with Crippen LogP contribution in [0.25, 0.3) is 0 Å². The van der Waals surface area contributed by atoms with E-state index in [1.165, 1.54) is 6.42 Å². The molecule has 0 radical (unpaired) electrons. The molecule has 14 heteroatoms. The summed E-state index contributed by atoms with van der Waals surface area (Å²) in [5.41, 5.74) is 0. The molecule has 12 atom stereocenters. The van der Waals surface area contributed by atoms with Crippen molar-refractivity contribution in [3.63, 3.8) is 0 Å². The van der Waals surface area contributed by atoms with E-state index in [2.05, 4.69) is 116 Å². The van der Waals surface area contributed by atoms with Gasteiger partial charge >= 0.3 is 0 Å². The first-order valence-corrected chi connectivity index (χ1v) is 25.1. The van der Waals surface area contributed by atoms with E-state index >= 15 is 0 Å². The van der Waals surface area contributed by atoms with Crippen molar-refractivity contribution in [1.29, 1.82) is 0 Å². The van der Waals surface area contributed by atoms with Crippen LogP contribution in [0.4, 0.5) is 0 Å². The zero-order valence-corrected chi connectivity index (χ0v) is 40.8. The molecule has 2 saturated heterocycles. The number of nitrogens with one attached hydrogen (secondary N) is 1. The van der Waals surface area contributed by atoms with Crippen molar-refractivity contribution in [2.75, 3.05) is 19.8 Å². The zero-order chi connectivity index (χ0) is 49.6. The van der Waals surface area contributed by atoms with E-state index in [0.717, 1.165) is 89.9 Å². The molecule has 14 nitrogen and oxygen atoms in total. The molecule has 2 fully saturated rings. The number of carbonyl (C=O) groups excluding carboxylic acids is 1. The average Bonchev–Trinajstić information content (AvgIpc) is 3.34. The van der Waals surface area contributed by atoms with Gasteiger partial charge in [-0.05, 0) is 89.9 Å². The molecule has 0 spiro atoms. The second-order valence-electron chi connectivity index (χ2n) is 17.2. The van der Waals surface area contributed by atoms with Crippen LogP contribution in [-0.2, 0) is 23.7 Å². The first-order valence-electron chi connectivity index (χ1n) is 25.1. The maximum atomic E-state index is 13.1. The van der Waals surface area contributed by atoms with Crippen LogP contribution in [0.15, 0.2) is 109 Å². The number of rotatable bonds is 36. The number of amides is 1. The van der Waals surface area contributed by atoms with E-state index in [1.807, 2.05) is 6.08 Å². The van der Waals surface area contributed by atoms with Crippen LogP contribution in [0.1, 0.15) is 129 Å². The molecule has 386 valence electrons. The summed E-state index contributed by atoms with van der Waals surface area (Å²) < 4.78 is 22.6. The highest BCUT2D eigenvalue weighted by Gasteiger charge is 2.51. The predicted molar refractivity (Wildman–Crippen MR) is 267 cm³/mol. The summed E-state index contributed by atoms with van der Waals surface area (Å²) >= 11 is 0. The Labute approximate surface area is 406 Å². The van der Waals surface area contributed by atoms with Crippen molar-refractivity contribution >= 4 is 5.91 Å². The van der Waals surface area contributed by atoms with Gasteiger partial charge in [-0.3, -0.25) is 4.79 Å². The molecule has 0 aromatic rings. The van der Waals surface area contributed by atoms with Gasteiger partial charge in [0, 0.05) is 6.42 Å². The van der Waals surface area contributed by atoms with Crippen LogP contribution < -0.4 is 5.32 Å². The number of unbranched alkanes of at least 4 members (excludes halogenated alkanes) is 7. The van der Waals surface area contributed by atoms with Crippen LogP contribution in [0.5, 0.6) is 0 Å². The number of aliphatic hydroxyl groups excluding tert-OH is 8. The Bertz CT molecular complexity index is 1550. The number of aliphatic hydroxyl groups is 8. The smallest absolute Gasteiger partial charge is 0.220 e. The summed E-state index contributed by atoms with van der Waals surface area (Å²) in [6.07, 6.45) is 37.2. The maximum absolute atomic E-state index is 13.1. The lowest BCUT2D eigenvalue weighted by atomic mass is 9.97. The standard InChI is InChI=1S/C54H87NO13/c1-3-5-7-9-11-13-14-15-16-17-18-19-20-21-22-23-24-25-26-27-28-30-32-34-36-38-46(59)55-42(43(58)37-35-33-31-29-12-10-8-6-4-2)41-65-53-51(64)49(62)52(45(40-57)67-53)68-54-50(63)48(61)47(60)44(39-56)66-54/h5,7,11-13,15-16,18-19,21-22,24-25,27-29,35,37,42-45,47-54,56-58,60-64H,3-4,6,8-10,14,17,20,23,26,30-34,36,38-41H2,1-2H3,(H,55,59)/b7-5-,13-11-,16-15-,19-18-,22-21-,25-24-,28-27-,29-12+,37-35+. The van der Waals surface area contributed by atoms with Gasteiger partial charge in [-0.25, -0.2) is 0 Å². The van der Waals surface area contributed by atoms with E-state index in [4.69, 9.17) is 18.9 Å². The topological polar surface area (TPSA) is 228 Å². The minimum Gasteiger partial charge on any atom is -0.394 e. The van der Waals surface area contributed by atoms with E-state index in [1.54, 1.807) is 6.08 Å². The Balaban J connectivity index is 1.80. The summed E-state index contributed by atoms with van der Waals surface area (Å²) in [7, 11) is 0. The van der Waals surface area contributed by atoms with Crippen molar-refractivity contribution < 1.29 is 64.6 Å². The molecule has 2 aliphatic heterocycles. The molecule has 1 amide bonds. The van der Waals surface area contributed by atoms with Crippen molar-refractivity contribution in [1.82, 2.24) is 5.32 Å². The van der Waals surface area contributed by atoms with Gasteiger partial charge in [-0.1, -0.05) is 142 Å². The van der Waals surface area contributed by atoms with Crippen LogP contribution in [-0.4, -0.2) is 140 Å². The van der Waals surface area contributed by atoms with Gasteiger partial charge in [0.1, 0.15) is 48.8 Å². The number of hydrogen-bond donors (Lipinski definition) is 9. The van der Waals surface area contributed by atoms with Gasteiger partial charge in [-0.15, -0.1) is 0 Å². The summed E-state index contributed by atoms with van der Waals surface area (Å²) in [4.78, 5) is 13.1. The van der Waals surface area contributed by atoms with Gasteiger partial charge in [0.05, 0.1) is 32.0 Å². The number of allylic oxidation sites excluding steroid dienone is 17. The molecule has 0 aromatic heterocycles. The summed E-state index contributed by atoms with van der Waals surface area (Å²) in [6, 6.07) is -0.955. The zero-order valence-electron chi connectivity index (χ0n) is 40.8. The Hall–Kier alpha value is -3.35. The SMILES string of the molecule is CC/C=C\C/C=C\C/C=C\C/C=C\C/C=C\C/C=C\C/C=C\CCCCCC(=O)NC(COC1OC(CO)C(OC2OC(CO)C(O)C(O)C2O)C(O)C1O)C(O)/C=C/CC/C=C/CCCCC. The fraction of sp³-hybridized carbons (Fsp3) is 0.648. The second kappa shape index (κ2) is 39.4. The third-order valence-corrected chi connectivity index (χ3v) is 11.4. The monoisotopic (exact) mass is 958 g/mol. The lowest BCUT2D eigenvalue weighted by Crippen LogP contribution is -2.65. The fourth-order valence-corrected chi connectivity index (χ4v) is 7.34. The highest BCUT2D eigenvalue weighted by atomic mass is 16.7. The Morgan fingerprint density at radius 2 is 1.03 bits per heavy atom. The molecule has 2 heterocycles. The van der Waals surface area contributed by atoms with E-state index in [0.29, 0.717) is 12.8 Å². The molecular weight excluding hydrogens is 871 g/mol. The third kappa shape index (κ3) is 26.0. The maximum Gasteiger partial charge on any atom is 0.220 e. The summed E-state index contributed by atoms with van der Waals surface area (Å²) in [5.74, 6) is -0.291. The Morgan fingerprint density at radius 3 is 1.59 bits per heavy atom. The average molecular weight is 958 g/mol. The Morgan fingerprint density at radius 1 is 0.544 bits per heavy atom. The first kappa shape index (κ1) is 60.8. The minimum absolute atomic E-state index is 0.225. The van der Waals surface area contributed by atoms with Crippen molar-refractivity contribution in [2.24, 2.45) is 0 Å². The van der Waals surface area contributed by atoms with Crippen LogP contribution in [0, 0.1) is 0 Å². The molecule has 2 aliphatic rings. The van der Waals surface area contributed by atoms with Crippen LogP contribution in [0.2, 0.25) is 0 Å². The lowest BCUT2D eigenvalue weighted by molar-refractivity contribution is -0.359. The second-order valence-corrected chi connectivity index (χ2v) is 17.2. The number of hydrogen-bond acceptors (Lipinski definition) is 13. The third-order valence-electron chi connectivity index (χ3n) is 11.4. The highest BCUT2D eigenvalue weighted by molar-refractivity contribution is 5.76. The van der Waals surface area contributed by atoms with Crippen molar-refractivity contribution in [3.05, 3.63) is 109 Å². The van der Waals surface area contributed by atoms with E-state index in [-0.39, 0.29) is 18.9 Å². The van der Waals surface area contributed by atoms with Crippen LogP contribution in [0.3, 0.4) is 0 Å². The van der Waals surface area contributed by atoms with Gasteiger partial charge < -0.3 is 65.1 Å². The lowest BCUT2D eigenvalue weighted by Gasteiger charge is -2.46. The molecule has 0 aromatic carbocycles. The molecule has 9 N–H and O–H groups in total. The quantitative estimate of drug-likeness (QED) is 0.0241. The summed E-state index contributed by atoms with van der Waals surface area (Å²) in [5, 5.41) is 86.5. The van der Waals surface area contributed by atoms with Crippen molar-refractivity contribution in [2.45, 2.75) is 203 Å². The largest absolute Gasteiger partial charge is 0.394 e.